The van der Waals surface area contributed by atoms with Crippen LogP contribution in [0, 0.1) is 5.92 Å². The lowest BCUT2D eigenvalue weighted by atomic mass is 10.1. The molecule has 1 N–H and O–H groups in total. The van der Waals surface area contributed by atoms with Crippen molar-refractivity contribution in [3.05, 3.63) is 0 Å². The van der Waals surface area contributed by atoms with E-state index in [1.807, 2.05) is 0 Å². The van der Waals surface area contributed by atoms with Gasteiger partial charge in [-0.15, -0.1) is 0 Å². The summed E-state index contributed by atoms with van der Waals surface area (Å²) in [5.41, 5.74) is 0. The van der Waals surface area contributed by atoms with Gasteiger partial charge in [-0.1, -0.05) is 12.8 Å². The van der Waals surface area contributed by atoms with E-state index in [1.54, 1.807) is 0 Å². The molecule has 0 spiro atoms. The van der Waals surface area contributed by atoms with Crippen LogP contribution in [0.5, 0.6) is 0 Å². The molecule has 3 heteroatoms. The molecule has 0 amide bonds. The van der Waals surface area contributed by atoms with Crippen LogP contribution in [0.1, 0.15) is 39.0 Å². The summed E-state index contributed by atoms with van der Waals surface area (Å²) in [5, 5.41) is 3.63. The van der Waals surface area contributed by atoms with E-state index in [4.69, 9.17) is 4.74 Å². The van der Waals surface area contributed by atoms with E-state index in [2.05, 4.69) is 17.1 Å². The largest absolute Gasteiger partial charge is 0.377 e. The molecule has 1 heterocycles. The molecule has 1 saturated heterocycles. The molecule has 2 aliphatic rings. The van der Waals surface area contributed by atoms with E-state index in [0.717, 1.165) is 25.6 Å². The standard InChI is InChI=1S/C14H28N2O/c1-13-12-16(8-4-10-17-13)9-7-15-11-14-5-2-3-6-14/h13-15H,2-12H2,1H3. The fourth-order valence-corrected chi connectivity index (χ4v) is 3.04. The minimum absolute atomic E-state index is 0.410. The lowest BCUT2D eigenvalue weighted by Gasteiger charge is -2.22. The number of hydrogen-bond donors (Lipinski definition) is 1. The van der Waals surface area contributed by atoms with Crippen molar-refractivity contribution in [1.82, 2.24) is 10.2 Å². The molecule has 2 fully saturated rings. The van der Waals surface area contributed by atoms with E-state index in [-0.39, 0.29) is 0 Å². The van der Waals surface area contributed by atoms with Crippen molar-refractivity contribution in [2.75, 3.05) is 39.3 Å². The highest BCUT2D eigenvalue weighted by atomic mass is 16.5. The fraction of sp³-hybridized carbons (Fsp3) is 1.00. The van der Waals surface area contributed by atoms with Crippen LogP contribution in [0.15, 0.2) is 0 Å². The van der Waals surface area contributed by atoms with E-state index in [9.17, 15) is 0 Å². The molecule has 2 rings (SSSR count). The van der Waals surface area contributed by atoms with Gasteiger partial charge >= 0.3 is 0 Å². The third-order valence-corrected chi connectivity index (χ3v) is 4.05. The molecule has 1 unspecified atom stereocenters. The van der Waals surface area contributed by atoms with Gasteiger partial charge in [0.05, 0.1) is 6.10 Å². The number of nitrogens with one attached hydrogen (secondary N) is 1. The van der Waals surface area contributed by atoms with E-state index in [1.165, 1.54) is 51.7 Å². The molecule has 1 atom stereocenters. The van der Waals surface area contributed by atoms with Gasteiger partial charge in [-0.25, -0.2) is 0 Å². The normalized spacial score (nSPS) is 28.4. The van der Waals surface area contributed by atoms with Gasteiger partial charge in [0.25, 0.3) is 0 Å². The summed E-state index contributed by atoms with van der Waals surface area (Å²) in [5.74, 6) is 0.960. The molecular formula is C14H28N2O. The van der Waals surface area contributed by atoms with Gasteiger partial charge in [0.1, 0.15) is 0 Å². The molecule has 1 saturated carbocycles. The number of ether oxygens (including phenoxy) is 1. The van der Waals surface area contributed by atoms with Crippen molar-refractivity contribution >= 4 is 0 Å². The summed E-state index contributed by atoms with van der Waals surface area (Å²) in [6.07, 6.45) is 7.39. The second kappa shape index (κ2) is 7.34. The third-order valence-electron chi connectivity index (χ3n) is 4.05. The highest BCUT2D eigenvalue weighted by Gasteiger charge is 2.16. The molecule has 1 aliphatic heterocycles. The van der Waals surface area contributed by atoms with Gasteiger partial charge in [0, 0.05) is 32.8 Å². The Morgan fingerprint density at radius 3 is 2.88 bits per heavy atom. The van der Waals surface area contributed by atoms with Crippen molar-refractivity contribution in [2.24, 2.45) is 5.92 Å². The van der Waals surface area contributed by atoms with Gasteiger partial charge in [-0.05, 0) is 38.6 Å². The van der Waals surface area contributed by atoms with Crippen LogP contribution >= 0.6 is 0 Å². The minimum atomic E-state index is 0.410. The monoisotopic (exact) mass is 240 g/mol. The van der Waals surface area contributed by atoms with Crippen LogP contribution < -0.4 is 5.32 Å². The molecule has 0 radical (unpaired) electrons. The smallest absolute Gasteiger partial charge is 0.0673 e. The molecule has 100 valence electrons. The molecular weight excluding hydrogens is 212 g/mol. The number of rotatable bonds is 5. The average molecular weight is 240 g/mol. The molecule has 0 aromatic heterocycles. The molecule has 0 aromatic carbocycles. The van der Waals surface area contributed by atoms with E-state index >= 15 is 0 Å². The fourth-order valence-electron chi connectivity index (χ4n) is 3.04. The average Bonchev–Trinajstić information content (AvgIpc) is 2.74. The molecule has 0 aromatic rings. The lowest BCUT2D eigenvalue weighted by molar-refractivity contribution is 0.0679. The minimum Gasteiger partial charge on any atom is -0.377 e. The van der Waals surface area contributed by atoms with Crippen molar-refractivity contribution in [3.8, 4) is 0 Å². The Morgan fingerprint density at radius 1 is 1.24 bits per heavy atom. The Morgan fingerprint density at radius 2 is 2.06 bits per heavy atom. The maximum atomic E-state index is 5.66. The van der Waals surface area contributed by atoms with Gasteiger partial charge < -0.3 is 10.1 Å². The van der Waals surface area contributed by atoms with Crippen LogP contribution in [-0.4, -0.2) is 50.3 Å². The van der Waals surface area contributed by atoms with Crippen molar-refractivity contribution in [1.29, 1.82) is 0 Å². The molecule has 1 aliphatic carbocycles. The van der Waals surface area contributed by atoms with E-state index in [0.29, 0.717) is 6.10 Å². The molecule has 17 heavy (non-hydrogen) atoms. The zero-order valence-electron chi connectivity index (χ0n) is 11.3. The Hall–Kier alpha value is -0.120. The Balaban J connectivity index is 1.54. The van der Waals surface area contributed by atoms with Gasteiger partial charge in [-0.2, -0.15) is 0 Å². The molecule has 0 bridgehead atoms. The van der Waals surface area contributed by atoms with Gasteiger partial charge in [0.15, 0.2) is 0 Å². The van der Waals surface area contributed by atoms with Crippen LogP contribution in [0.2, 0.25) is 0 Å². The zero-order valence-corrected chi connectivity index (χ0v) is 11.3. The SMILES string of the molecule is CC1CN(CCNCC2CCCC2)CCCO1. The first kappa shape index (κ1) is 13.3. The molecule has 3 nitrogen and oxygen atoms in total. The topological polar surface area (TPSA) is 24.5 Å². The lowest BCUT2D eigenvalue weighted by Crippen LogP contribution is -2.37. The third kappa shape index (κ3) is 4.94. The first-order valence-electron chi connectivity index (χ1n) is 7.39. The van der Waals surface area contributed by atoms with Crippen LogP contribution in [0.3, 0.4) is 0 Å². The van der Waals surface area contributed by atoms with Crippen molar-refractivity contribution < 1.29 is 4.74 Å². The summed E-state index contributed by atoms with van der Waals surface area (Å²) in [4.78, 5) is 2.54. The van der Waals surface area contributed by atoms with Crippen LogP contribution in [-0.2, 0) is 4.74 Å². The second-order valence-electron chi connectivity index (χ2n) is 5.69. The summed E-state index contributed by atoms with van der Waals surface area (Å²) >= 11 is 0. The van der Waals surface area contributed by atoms with Crippen molar-refractivity contribution in [2.45, 2.75) is 45.1 Å². The Bertz CT molecular complexity index is 204. The summed E-state index contributed by atoms with van der Waals surface area (Å²) in [7, 11) is 0. The predicted molar refractivity (Wildman–Crippen MR) is 71.3 cm³/mol. The Kier molecular flexibility index (Phi) is 5.75. The quantitative estimate of drug-likeness (QED) is 0.743. The first-order chi connectivity index (χ1) is 8.34. The Labute approximate surface area is 106 Å². The van der Waals surface area contributed by atoms with Gasteiger partial charge in [-0.3, -0.25) is 4.90 Å². The maximum Gasteiger partial charge on any atom is 0.0673 e. The highest BCUT2D eigenvalue weighted by Crippen LogP contribution is 2.23. The predicted octanol–water partition coefficient (Wildman–Crippen LogP) is 1.88. The summed E-state index contributed by atoms with van der Waals surface area (Å²) < 4.78 is 5.66. The number of hydrogen-bond acceptors (Lipinski definition) is 3. The zero-order chi connectivity index (χ0) is 11.9. The summed E-state index contributed by atoms with van der Waals surface area (Å²) in [6.45, 7) is 8.99. The second-order valence-corrected chi connectivity index (χ2v) is 5.69. The van der Waals surface area contributed by atoms with Gasteiger partial charge in [0.2, 0.25) is 0 Å². The first-order valence-corrected chi connectivity index (χ1v) is 7.39. The summed E-state index contributed by atoms with van der Waals surface area (Å²) in [6, 6.07) is 0. The number of nitrogens with zero attached hydrogens (tertiary/aromatic N) is 1. The van der Waals surface area contributed by atoms with Crippen molar-refractivity contribution in [3.63, 3.8) is 0 Å². The van der Waals surface area contributed by atoms with E-state index < -0.39 is 0 Å². The highest BCUT2D eigenvalue weighted by molar-refractivity contribution is 4.71. The maximum absolute atomic E-state index is 5.66. The van der Waals surface area contributed by atoms with Crippen LogP contribution in [0.25, 0.3) is 0 Å². The van der Waals surface area contributed by atoms with Crippen LogP contribution in [0.4, 0.5) is 0 Å².